The Morgan fingerprint density at radius 1 is 1.38 bits per heavy atom. The average molecular weight is 129 g/mol. The lowest BCUT2D eigenvalue weighted by molar-refractivity contribution is 0.651. The van der Waals surface area contributed by atoms with E-state index in [1.165, 1.54) is 18.1 Å². The van der Waals surface area contributed by atoms with Crippen LogP contribution in [0.2, 0.25) is 5.28 Å². The number of nitrogens with zero attached hydrogens (tertiary/aromatic N) is 1. The molecule has 48 valence electrons. The van der Waals surface area contributed by atoms with Crippen LogP contribution >= 0.6 is 0 Å². The molecule has 0 fully saturated rings. The first-order chi connectivity index (χ1) is 3.77. The zero-order valence-corrected chi connectivity index (χ0v) is 7.69. The van der Waals surface area contributed by atoms with Gasteiger partial charge in [0.2, 0.25) is 0 Å². The van der Waals surface area contributed by atoms with Crippen molar-refractivity contribution in [1.29, 1.82) is 0 Å². The lowest BCUT2D eigenvalue weighted by atomic mass is 10.4. The highest BCUT2D eigenvalue weighted by Gasteiger charge is 1.93. The topological polar surface area (TPSA) is 3.24 Å². The maximum atomic E-state index is 2.37. The third kappa shape index (κ3) is 6.49. The van der Waals surface area contributed by atoms with Crippen LogP contribution in [-0.2, 0) is 0 Å². The molecule has 0 saturated carbocycles. The second kappa shape index (κ2) is 5.63. The number of hydrogen-bond acceptors (Lipinski definition) is 1. The summed E-state index contributed by atoms with van der Waals surface area (Å²) in [5, 5.41) is 1.49. The molecule has 0 aromatic heterocycles. The summed E-state index contributed by atoms with van der Waals surface area (Å²) in [6.45, 7) is 2.25. The molecular weight excluding hydrogens is 113 g/mol. The highest BCUT2D eigenvalue weighted by atomic mass is 27.1. The summed E-state index contributed by atoms with van der Waals surface area (Å²) in [6.07, 6.45) is 2.80. The lowest BCUT2D eigenvalue weighted by Crippen LogP contribution is -2.16. The van der Waals surface area contributed by atoms with E-state index in [4.69, 9.17) is 0 Å². The zero-order chi connectivity index (χ0) is 6.41. The van der Waals surface area contributed by atoms with Gasteiger partial charge in [-0.1, -0.05) is 25.0 Å². The van der Waals surface area contributed by atoms with Gasteiger partial charge >= 0.3 is 15.4 Å². The van der Waals surface area contributed by atoms with Gasteiger partial charge in [-0.2, -0.15) is 0 Å². The molecule has 1 nitrogen and oxygen atoms in total. The minimum Gasteiger partial charge on any atom is -0.393 e. The Bertz CT molecular complexity index is 45.8. The quantitative estimate of drug-likeness (QED) is 0.406. The SMILES string of the molecule is CCC[CH2][AlH][N](C)C. The fourth-order valence-corrected chi connectivity index (χ4v) is 2.03. The summed E-state index contributed by atoms with van der Waals surface area (Å²) in [5.74, 6) is 0. The molecule has 0 bridgehead atoms. The van der Waals surface area contributed by atoms with E-state index in [9.17, 15) is 0 Å². The summed E-state index contributed by atoms with van der Waals surface area (Å²) in [4.78, 5) is 0. The van der Waals surface area contributed by atoms with Crippen molar-refractivity contribution in [2.45, 2.75) is 25.0 Å². The van der Waals surface area contributed by atoms with Gasteiger partial charge in [-0.05, 0) is 14.1 Å². The molecule has 0 heterocycles. The molecule has 0 unspecified atom stereocenters. The molecule has 8 heavy (non-hydrogen) atoms. The van der Waals surface area contributed by atoms with Gasteiger partial charge in [-0.25, -0.2) is 0 Å². The summed E-state index contributed by atoms with van der Waals surface area (Å²) < 4.78 is 2.37. The fourth-order valence-electron chi connectivity index (χ4n) is 0.678. The standard InChI is InChI=1S/C4H9.C2H6N.Al.H/c1-3-4-2;1-3-2;;/h1,3-4H2,2H3;1-2H3;;/q;-1;+1;. The van der Waals surface area contributed by atoms with Gasteiger partial charge < -0.3 is 3.88 Å². The second-order valence-corrected chi connectivity index (χ2v) is 4.93. The highest BCUT2D eigenvalue weighted by molar-refractivity contribution is 6.31. The van der Waals surface area contributed by atoms with E-state index in [1.807, 2.05) is 0 Å². The van der Waals surface area contributed by atoms with Gasteiger partial charge in [0.05, 0.1) is 0 Å². The molecule has 0 aromatic rings. The first kappa shape index (κ1) is 8.49. The summed E-state index contributed by atoms with van der Waals surface area (Å²) in [5.41, 5.74) is 0. The van der Waals surface area contributed by atoms with Gasteiger partial charge in [0.15, 0.2) is 0 Å². The van der Waals surface area contributed by atoms with Crippen LogP contribution in [-0.4, -0.2) is 33.4 Å². The van der Waals surface area contributed by atoms with Crippen molar-refractivity contribution in [1.82, 2.24) is 3.88 Å². The van der Waals surface area contributed by atoms with Crippen LogP contribution < -0.4 is 0 Å². The Kier molecular flexibility index (Phi) is 5.97. The van der Waals surface area contributed by atoms with Crippen molar-refractivity contribution in [3.05, 3.63) is 0 Å². The molecule has 0 aliphatic rings. The van der Waals surface area contributed by atoms with Crippen molar-refractivity contribution in [2.24, 2.45) is 0 Å². The Labute approximate surface area is 59.0 Å². The monoisotopic (exact) mass is 129 g/mol. The summed E-state index contributed by atoms with van der Waals surface area (Å²) >= 11 is 0.168. The highest BCUT2D eigenvalue weighted by Crippen LogP contribution is 1.92. The van der Waals surface area contributed by atoms with Crippen molar-refractivity contribution in [3.8, 4) is 0 Å². The molecule has 0 N–H and O–H groups in total. The Morgan fingerprint density at radius 3 is 2.38 bits per heavy atom. The first-order valence-corrected chi connectivity index (χ1v) is 5.05. The normalized spacial score (nSPS) is 10.0. The van der Waals surface area contributed by atoms with Crippen molar-refractivity contribution < 1.29 is 0 Å². The molecule has 0 aliphatic heterocycles. The smallest absolute Gasteiger partial charge is 0.346 e. The second-order valence-electron chi connectivity index (χ2n) is 2.51. The summed E-state index contributed by atoms with van der Waals surface area (Å²) in [6, 6.07) is 0. The Morgan fingerprint density at radius 2 is 2.00 bits per heavy atom. The predicted molar refractivity (Wildman–Crippen MR) is 40.6 cm³/mol. The van der Waals surface area contributed by atoms with E-state index in [0.29, 0.717) is 0 Å². The van der Waals surface area contributed by atoms with E-state index < -0.39 is 0 Å². The van der Waals surface area contributed by atoms with E-state index >= 15 is 0 Å². The third-order valence-electron chi connectivity index (χ3n) is 1.21. The van der Waals surface area contributed by atoms with E-state index in [0.717, 1.165) is 0 Å². The van der Waals surface area contributed by atoms with E-state index in [1.54, 1.807) is 0 Å². The minimum atomic E-state index is 0.168. The van der Waals surface area contributed by atoms with Crippen LogP contribution in [0.3, 0.4) is 0 Å². The maximum Gasteiger partial charge on any atom is 0.346 e. The number of unbranched alkanes of at least 4 members (excludes halogenated alkanes) is 1. The fraction of sp³-hybridized carbons (Fsp3) is 1.00. The molecule has 0 saturated heterocycles. The Hall–Kier alpha value is 0.492. The molecule has 0 radical (unpaired) electrons. The van der Waals surface area contributed by atoms with E-state index in [-0.39, 0.29) is 15.4 Å². The molecule has 0 spiro atoms. The predicted octanol–water partition coefficient (Wildman–Crippen LogP) is 1.12. The van der Waals surface area contributed by atoms with Crippen LogP contribution in [0, 0.1) is 0 Å². The van der Waals surface area contributed by atoms with Gasteiger partial charge in [0.1, 0.15) is 0 Å². The van der Waals surface area contributed by atoms with Crippen molar-refractivity contribution in [2.75, 3.05) is 14.1 Å². The van der Waals surface area contributed by atoms with Gasteiger partial charge in [-0.15, -0.1) is 0 Å². The van der Waals surface area contributed by atoms with E-state index in [2.05, 4.69) is 24.9 Å². The zero-order valence-electron chi connectivity index (χ0n) is 6.28. The van der Waals surface area contributed by atoms with Crippen LogP contribution in [0.5, 0.6) is 0 Å². The number of hydrogen-bond donors (Lipinski definition) is 0. The van der Waals surface area contributed by atoms with Gasteiger partial charge in [-0.3, -0.25) is 0 Å². The average Bonchev–Trinajstić information content (AvgIpc) is 1.66. The van der Waals surface area contributed by atoms with Crippen LogP contribution in [0.25, 0.3) is 0 Å². The molecule has 0 aliphatic carbocycles. The molecule has 0 amide bonds. The van der Waals surface area contributed by atoms with Crippen LogP contribution in [0.4, 0.5) is 0 Å². The third-order valence-corrected chi connectivity index (χ3v) is 2.92. The molecular formula is C6H16AlN. The van der Waals surface area contributed by atoms with Crippen LogP contribution in [0.1, 0.15) is 19.8 Å². The largest absolute Gasteiger partial charge is 0.393 e. The molecule has 0 atom stereocenters. The van der Waals surface area contributed by atoms with Gasteiger partial charge in [0.25, 0.3) is 0 Å². The van der Waals surface area contributed by atoms with Gasteiger partial charge in [0, 0.05) is 0 Å². The first-order valence-electron chi connectivity index (χ1n) is 3.42. The Balaban J connectivity index is 2.72. The maximum absolute atomic E-state index is 2.37. The number of rotatable bonds is 4. The minimum absolute atomic E-state index is 0.168. The van der Waals surface area contributed by atoms with Crippen molar-refractivity contribution in [3.63, 3.8) is 0 Å². The summed E-state index contributed by atoms with van der Waals surface area (Å²) in [7, 11) is 4.36. The molecule has 0 aromatic carbocycles. The van der Waals surface area contributed by atoms with Crippen molar-refractivity contribution >= 4 is 15.4 Å². The van der Waals surface area contributed by atoms with Crippen LogP contribution in [0.15, 0.2) is 0 Å². The molecule has 2 heteroatoms. The molecule has 0 rings (SSSR count). The lowest BCUT2D eigenvalue weighted by Gasteiger charge is -2.04.